The smallest absolute Gasteiger partial charge is 0.253 e. The lowest BCUT2D eigenvalue weighted by Gasteiger charge is -2.24. The molecule has 47 heavy (non-hydrogen) atoms. The van der Waals surface area contributed by atoms with Gasteiger partial charge in [-0.2, -0.15) is 5.10 Å². The van der Waals surface area contributed by atoms with Gasteiger partial charge in [0.2, 0.25) is 0 Å². The number of benzene rings is 2. The molecule has 0 bridgehead atoms. The van der Waals surface area contributed by atoms with E-state index in [1.807, 2.05) is 51.1 Å². The number of hydrogen-bond acceptors (Lipinski definition) is 8. The number of aryl methyl sites for hydroxylation is 2. The van der Waals surface area contributed by atoms with Gasteiger partial charge in [-0.15, -0.1) is 0 Å². The van der Waals surface area contributed by atoms with Crippen molar-refractivity contribution in [2.45, 2.75) is 31.8 Å². The summed E-state index contributed by atoms with van der Waals surface area (Å²) in [6, 6.07) is 14.1. The van der Waals surface area contributed by atoms with E-state index in [0.29, 0.717) is 23.8 Å². The van der Waals surface area contributed by atoms with Crippen molar-refractivity contribution in [3.05, 3.63) is 76.6 Å². The monoisotopic (exact) mass is 636 g/mol. The van der Waals surface area contributed by atoms with E-state index in [0.717, 1.165) is 59.6 Å². The summed E-state index contributed by atoms with van der Waals surface area (Å²) in [4.78, 5) is 26.3. The Morgan fingerprint density at radius 3 is 2.60 bits per heavy atom. The summed E-state index contributed by atoms with van der Waals surface area (Å²) in [5.74, 6) is 1.16. The van der Waals surface area contributed by atoms with Crippen molar-refractivity contribution in [3.63, 3.8) is 0 Å². The third-order valence-electron chi connectivity index (χ3n) is 9.83. The number of methoxy groups -OCH3 is 1. The molecule has 3 atom stereocenters. The Hall–Kier alpha value is -4.70. The third-order valence-corrected chi connectivity index (χ3v) is 9.83. The molecule has 248 valence electrons. The molecule has 1 aliphatic heterocycles. The van der Waals surface area contributed by atoms with E-state index in [-0.39, 0.29) is 13.3 Å². The minimum atomic E-state index is -0.436. The molecule has 0 radical (unpaired) electrons. The highest BCUT2D eigenvalue weighted by molar-refractivity contribution is 6.09. The molecule has 3 N–H and O–H groups in total. The van der Waals surface area contributed by atoms with Gasteiger partial charge in [0.05, 0.1) is 24.2 Å². The maximum absolute atomic E-state index is 13.1. The first-order chi connectivity index (χ1) is 22.6. The fourth-order valence-corrected chi connectivity index (χ4v) is 7.16. The number of ether oxygens (including phenoxy) is 1. The van der Waals surface area contributed by atoms with Crippen LogP contribution in [0.3, 0.4) is 0 Å². The largest absolute Gasteiger partial charge is 0.495 e. The number of fused-ring (bicyclic) bond motifs is 3. The molecule has 2 aliphatic carbocycles. The summed E-state index contributed by atoms with van der Waals surface area (Å²) >= 11 is 0. The van der Waals surface area contributed by atoms with E-state index in [1.165, 1.54) is 16.7 Å². The zero-order valence-corrected chi connectivity index (χ0v) is 28.5. The minimum absolute atomic E-state index is 0. The number of allylic oxidation sites excluding steroid dienone is 3. The van der Waals surface area contributed by atoms with Crippen LogP contribution in [-0.4, -0.2) is 92.0 Å². The highest BCUT2D eigenvalue weighted by Crippen LogP contribution is 2.59. The van der Waals surface area contributed by atoms with E-state index in [2.05, 4.69) is 52.6 Å². The Labute approximate surface area is 279 Å². The maximum atomic E-state index is 13.1. The molecule has 10 heteroatoms. The molecular formula is C37H48N8O2. The van der Waals surface area contributed by atoms with Crippen LogP contribution >= 0.6 is 0 Å². The number of nitrogens with zero attached hydrogens (tertiary/aromatic N) is 6. The fourth-order valence-electron chi connectivity index (χ4n) is 7.16. The number of hydrogen-bond donors (Lipinski definition) is 2. The van der Waals surface area contributed by atoms with Crippen LogP contribution in [-0.2, 0) is 13.5 Å². The molecular weight excluding hydrogens is 588 g/mol. The molecule has 6 rings (SSSR count). The summed E-state index contributed by atoms with van der Waals surface area (Å²) in [7, 11) is 11.3. The molecule has 3 unspecified atom stereocenters. The van der Waals surface area contributed by atoms with Crippen molar-refractivity contribution in [1.29, 1.82) is 0 Å². The molecule has 1 fully saturated rings. The van der Waals surface area contributed by atoms with E-state index in [1.54, 1.807) is 31.5 Å². The van der Waals surface area contributed by atoms with E-state index < -0.39 is 5.66 Å². The van der Waals surface area contributed by atoms with Crippen LogP contribution in [0.2, 0.25) is 0 Å². The molecule has 1 aromatic heterocycles. The van der Waals surface area contributed by atoms with Crippen molar-refractivity contribution in [2.75, 3.05) is 53.7 Å². The maximum Gasteiger partial charge on any atom is 0.253 e. The Morgan fingerprint density at radius 1 is 1.17 bits per heavy atom. The lowest BCUT2D eigenvalue weighted by Crippen LogP contribution is -2.33. The topological polar surface area (TPSA) is 113 Å². The minimum Gasteiger partial charge on any atom is -0.495 e. The van der Waals surface area contributed by atoms with Crippen LogP contribution in [0.1, 0.15) is 48.4 Å². The molecule has 2 heterocycles. The highest BCUT2D eigenvalue weighted by atomic mass is 16.5. The Morgan fingerprint density at radius 2 is 1.91 bits per heavy atom. The van der Waals surface area contributed by atoms with Gasteiger partial charge >= 0.3 is 0 Å². The first-order valence-electron chi connectivity index (χ1n) is 16.3. The Bertz CT molecular complexity index is 1810. The lowest BCUT2D eigenvalue weighted by molar-refractivity contribution is 0.0786. The van der Waals surface area contributed by atoms with Crippen molar-refractivity contribution in [1.82, 2.24) is 19.6 Å². The van der Waals surface area contributed by atoms with Crippen LogP contribution < -0.4 is 15.8 Å². The molecule has 0 saturated heterocycles. The number of aliphatic imine (C=N–C) groups is 2. The van der Waals surface area contributed by atoms with Gasteiger partial charge in [-0.05, 0) is 74.2 Å². The quantitative estimate of drug-likeness (QED) is 0.295. The second kappa shape index (κ2) is 12.8. The summed E-state index contributed by atoms with van der Waals surface area (Å²) in [6.07, 6.45) is 8.16. The summed E-state index contributed by atoms with van der Waals surface area (Å²) in [5.41, 5.74) is 16.0. The van der Waals surface area contributed by atoms with Crippen molar-refractivity contribution in [2.24, 2.45) is 34.6 Å². The zero-order chi connectivity index (χ0) is 33.5. The van der Waals surface area contributed by atoms with Gasteiger partial charge in [0.1, 0.15) is 11.4 Å². The molecule has 2 aromatic carbocycles. The number of nitrogens with one attached hydrogen (secondary N) is 1. The number of carbonyl (C=O) groups excluding carboxylic acids is 1. The molecule has 1 saturated carbocycles. The molecule has 3 aromatic rings. The van der Waals surface area contributed by atoms with E-state index in [4.69, 9.17) is 20.6 Å². The normalized spacial score (nSPS) is 21.7. The first-order valence-corrected chi connectivity index (χ1v) is 16.3. The van der Waals surface area contributed by atoms with Gasteiger partial charge in [-0.1, -0.05) is 31.2 Å². The number of nitrogens with two attached hydrogens (primary N) is 1. The van der Waals surface area contributed by atoms with E-state index >= 15 is 0 Å². The third kappa shape index (κ3) is 5.98. The van der Waals surface area contributed by atoms with Crippen LogP contribution in [0.4, 0.5) is 5.69 Å². The second-order valence-electron chi connectivity index (χ2n) is 13.2. The highest BCUT2D eigenvalue weighted by Gasteiger charge is 2.59. The fraction of sp³-hybridized carbons (Fsp3) is 0.405. The number of aromatic nitrogens is 2. The number of amides is 1. The van der Waals surface area contributed by atoms with Gasteiger partial charge < -0.3 is 25.6 Å². The van der Waals surface area contributed by atoms with E-state index in [9.17, 15) is 4.79 Å². The zero-order valence-electron chi connectivity index (χ0n) is 28.5. The van der Waals surface area contributed by atoms with Crippen LogP contribution in [0, 0.1) is 11.8 Å². The van der Waals surface area contributed by atoms with Crippen molar-refractivity contribution >= 4 is 35.2 Å². The molecule has 10 nitrogen and oxygen atoms in total. The summed E-state index contributed by atoms with van der Waals surface area (Å²) in [5, 5.41) is 8.75. The number of anilines is 1. The Balaban J connectivity index is 0.00000451. The molecule has 3 aliphatic rings. The number of likely N-dealkylation sites (N-methyl/N-ethyl adjacent to an activating group) is 2. The number of rotatable bonds is 10. The Kier molecular flexibility index (Phi) is 8.80. The second-order valence-corrected chi connectivity index (χ2v) is 13.2. The van der Waals surface area contributed by atoms with Crippen molar-refractivity contribution in [3.8, 4) is 17.0 Å². The predicted octanol–water partition coefficient (Wildman–Crippen LogP) is 5.22. The van der Waals surface area contributed by atoms with Crippen molar-refractivity contribution < 1.29 is 11.0 Å². The van der Waals surface area contributed by atoms with Gasteiger partial charge in [0, 0.05) is 82.5 Å². The van der Waals surface area contributed by atoms with Crippen LogP contribution in [0.15, 0.2) is 64.2 Å². The van der Waals surface area contributed by atoms with Crippen LogP contribution in [0.25, 0.3) is 22.4 Å². The SMILES string of the molecule is CN=C/C(=C\N)c1ccc(-c2c3c(nn2C)CCC2=C3C(C)C3CC3(Nc3ccc(C(=O)N(C)CCN(C)C)cc3OC)N=C2)cc1.[HH]. The molecule has 0 spiro atoms. The van der Waals surface area contributed by atoms with Gasteiger partial charge in [0.25, 0.3) is 5.91 Å². The lowest BCUT2D eigenvalue weighted by atomic mass is 9.79. The molecule has 1 amide bonds. The standard InChI is InChI=1S/C37H46N8O2.H2/c1-23-29-19-37(29,41-30-14-12-26(18-32(30)47-7)36(46)44(5)17-16-43(3)4)40-22-27-13-15-31-34(33(23)27)35(45(6)42-31)25-10-8-24(9-11-25)28(20-38)21-39-2;/h8-12,14,18,20-23,29,41H,13,15-17,19,38H2,1-7H3;1H/b28-20+,39-21?;. The van der Waals surface area contributed by atoms with Gasteiger partial charge in [0.15, 0.2) is 0 Å². The van der Waals surface area contributed by atoms with Gasteiger partial charge in [-0.3, -0.25) is 19.5 Å². The van der Waals surface area contributed by atoms with Crippen LogP contribution in [0.5, 0.6) is 5.75 Å². The average molecular weight is 637 g/mol. The average Bonchev–Trinajstić information content (AvgIpc) is 3.70. The summed E-state index contributed by atoms with van der Waals surface area (Å²) < 4.78 is 7.83. The number of carbonyl (C=O) groups is 1. The first kappa shape index (κ1) is 32.2. The van der Waals surface area contributed by atoms with Gasteiger partial charge in [-0.25, -0.2) is 0 Å². The summed E-state index contributed by atoms with van der Waals surface area (Å²) in [6.45, 7) is 3.78. The predicted molar refractivity (Wildman–Crippen MR) is 193 cm³/mol.